The van der Waals surface area contributed by atoms with Crippen molar-refractivity contribution in [3.05, 3.63) is 33.9 Å². The van der Waals surface area contributed by atoms with Gasteiger partial charge >= 0.3 is 5.69 Å². The van der Waals surface area contributed by atoms with E-state index in [1.54, 1.807) is 6.07 Å². The monoisotopic (exact) mass is 208 g/mol. The Balaban J connectivity index is 2.13. The van der Waals surface area contributed by atoms with Crippen LogP contribution in [0.3, 0.4) is 0 Å². The van der Waals surface area contributed by atoms with Gasteiger partial charge in [-0.15, -0.1) is 0 Å². The molecule has 15 heavy (non-hydrogen) atoms. The van der Waals surface area contributed by atoms with Crippen molar-refractivity contribution >= 4 is 5.69 Å². The molecule has 2 N–H and O–H groups in total. The second-order valence-corrected chi connectivity index (χ2v) is 3.81. The van der Waals surface area contributed by atoms with E-state index in [0.29, 0.717) is 5.92 Å². The minimum absolute atomic E-state index is 0.231. The zero-order valence-corrected chi connectivity index (χ0v) is 8.14. The molecule has 1 fully saturated rings. The number of nitro groups is 1. The minimum Gasteiger partial charge on any atom is -0.502 e. The van der Waals surface area contributed by atoms with Crippen LogP contribution in [0.15, 0.2) is 18.2 Å². The Morgan fingerprint density at radius 1 is 1.53 bits per heavy atom. The topological polar surface area (TPSA) is 75.4 Å². The van der Waals surface area contributed by atoms with Crippen molar-refractivity contribution in [2.45, 2.75) is 6.42 Å². The van der Waals surface area contributed by atoms with Crippen molar-refractivity contribution in [1.82, 2.24) is 5.32 Å². The summed E-state index contributed by atoms with van der Waals surface area (Å²) in [4.78, 5) is 9.88. The first-order chi connectivity index (χ1) is 7.16. The molecule has 1 aliphatic rings. The molecule has 1 saturated heterocycles. The molecule has 5 nitrogen and oxygen atoms in total. The maximum atomic E-state index is 10.5. The van der Waals surface area contributed by atoms with E-state index in [-0.39, 0.29) is 11.4 Å². The highest BCUT2D eigenvalue weighted by atomic mass is 16.6. The fraction of sp³-hybridized carbons (Fsp3) is 0.400. The first-order valence-electron chi connectivity index (χ1n) is 4.84. The van der Waals surface area contributed by atoms with Crippen molar-refractivity contribution in [3.63, 3.8) is 0 Å². The van der Waals surface area contributed by atoms with E-state index >= 15 is 0 Å². The molecule has 1 aromatic carbocycles. The first-order valence-corrected chi connectivity index (χ1v) is 4.84. The van der Waals surface area contributed by atoms with Crippen molar-refractivity contribution in [1.29, 1.82) is 0 Å². The molecule has 2 rings (SSSR count). The van der Waals surface area contributed by atoms with Gasteiger partial charge in [0.05, 0.1) is 4.92 Å². The van der Waals surface area contributed by atoms with Gasteiger partial charge in [-0.25, -0.2) is 0 Å². The molecule has 1 heterocycles. The number of phenolic OH excluding ortho intramolecular Hbond substituents is 1. The molecule has 0 amide bonds. The van der Waals surface area contributed by atoms with Crippen molar-refractivity contribution in [2.24, 2.45) is 5.92 Å². The number of nitrogens with zero attached hydrogens (tertiary/aromatic N) is 1. The number of hydrogen-bond donors (Lipinski definition) is 2. The fourth-order valence-electron chi connectivity index (χ4n) is 1.68. The minimum atomic E-state index is -0.579. The first kappa shape index (κ1) is 9.92. The van der Waals surface area contributed by atoms with E-state index in [9.17, 15) is 15.2 Å². The number of phenols is 1. The number of nitro benzene ring substituents is 1. The van der Waals surface area contributed by atoms with Gasteiger partial charge in [0.2, 0.25) is 0 Å². The molecule has 1 aliphatic heterocycles. The maximum absolute atomic E-state index is 10.5. The normalized spacial score (nSPS) is 16.0. The van der Waals surface area contributed by atoms with Crippen LogP contribution in [-0.2, 0) is 6.42 Å². The Morgan fingerprint density at radius 3 is 2.73 bits per heavy atom. The van der Waals surface area contributed by atoms with Gasteiger partial charge in [0.25, 0.3) is 0 Å². The third-order valence-electron chi connectivity index (χ3n) is 2.63. The van der Waals surface area contributed by atoms with Gasteiger partial charge in [-0.3, -0.25) is 10.1 Å². The molecule has 5 heteroatoms. The van der Waals surface area contributed by atoms with Crippen LogP contribution in [0.2, 0.25) is 0 Å². The predicted octanol–water partition coefficient (Wildman–Crippen LogP) is 1.06. The second kappa shape index (κ2) is 3.86. The Kier molecular flexibility index (Phi) is 2.55. The van der Waals surface area contributed by atoms with Gasteiger partial charge in [-0.2, -0.15) is 0 Å². The molecule has 0 spiro atoms. The van der Waals surface area contributed by atoms with E-state index in [1.165, 1.54) is 12.1 Å². The SMILES string of the molecule is O=[N+]([O-])c1ccc(CC2CNC2)cc1O. The summed E-state index contributed by atoms with van der Waals surface area (Å²) in [5, 5.41) is 23.0. The molecule has 0 aliphatic carbocycles. The van der Waals surface area contributed by atoms with Crippen molar-refractivity contribution < 1.29 is 10.0 Å². The standard InChI is InChI=1S/C10H12N2O3/c13-10-4-7(3-8-5-11-6-8)1-2-9(10)12(14)15/h1-2,4,8,11,13H,3,5-6H2. The molecule has 1 aromatic rings. The fourth-order valence-corrected chi connectivity index (χ4v) is 1.68. The van der Waals surface area contributed by atoms with Gasteiger partial charge in [-0.1, -0.05) is 6.07 Å². The van der Waals surface area contributed by atoms with E-state index < -0.39 is 4.92 Å². The molecule has 0 bridgehead atoms. The van der Waals surface area contributed by atoms with Crippen LogP contribution in [0.4, 0.5) is 5.69 Å². The third kappa shape index (κ3) is 2.07. The lowest BCUT2D eigenvalue weighted by Crippen LogP contribution is -2.43. The Labute approximate surface area is 86.9 Å². The number of hydrogen-bond acceptors (Lipinski definition) is 4. The summed E-state index contributed by atoms with van der Waals surface area (Å²) in [5.74, 6) is 0.343. The maximum Gasteiger partial charge on any atom is 0.310 e. The molecule has 80 valence electrons. The van der Waals surface area contributed by atoms with Crippen LogP contribution in [0, 0.1) is 16.0 Å². The van der Waals surface area contributed by atoms with Crippen LogP contribution in [0.25, 0.3) is 0 Å². The summed E-state index contributed by atoms with van der Waals surface area (Å²) in [5.41, 5.74) is 0.718. The number of nitrogens with one attached hydrogen (secondary N) is 1. The number of benzene rings is 1. The quantitative estimate of drug-likeness (QED) is 0.575. The van der Waals surface area contributed by atoms with Gasteiger partial charge in [0, 0.05) is 6.07 Å². The lowest BCUT2D eigenvalue weighted by molar-refractivity contribution is -0.385. The summed E-state index contributed by atoms with van der Waals surface area (Å²) >= 11 is 0. The van der Waals surface area contributed by atoms with Crippen LogP contribution in [0.5, 0.6) is 5.75 Å². The Bertz CT molecular complexity index is 388. The number of aromatic hydroxyl groups is 1. The summed E-state index contributed by atoms with van der Waals surface area (Å²) < 4.78 is 0. The zero-order valence-electron chi connectivity index (χ0n) is 8.14. The van der Waals surface area contributed by atoms with Crippen LogP contribution < -0.4 is 5.32 Å². The van der Waals surface area contributed by atoms with E-state index in [2.05, 4.69) is 5.32 Å². The Hall–Kier alpha value is -1.62. The predicted molar refractivity (Wildman–Crippen MR) is 54.8 cm³/mol. The summed E-state index contributed by atoms with van der Waals surface area (Å²) in [6.07, 6.45) is 0.860. The van der Waals surface area contributed by atoms with Crippen molar-refractivity contribution in [3.8, 4) is 5.75 Å². The highest BCUT2D eigenvalue weighted by Gasteiger charge is 2.19. The highest BCUT2D eigenvalue weighted by molar-refractivity contribution is 5.47. The summed E-state index contributed by atoms with van der Waals surface area (Å²) in [6.45, 7) is 1.97. The molecule has 0 aromatic heterocycles. The molecule has 0 atom stereocenters. The summed E-state index contributed by atoms with van der Waals surface area (Å²) in [7, 11) is 0. The molecule has 0 unspecified atom stereocenters. The molecule has 0 saturated carbocycles. The third-order valence-corrected chi connectivity index (χ3v) is 2.63. The second-order valence-electron chi connectivity index (χ2n) is 3.81. The van der Waals surface area contributed by atoms with E-state index in [0.717, 1.165) is 25.1 Å². The lowest BCUT2D eigenvalue weighted by atomic mass is 9.94. The smallest absolute Gasteiger partial charge is 0.310 e. The Morgan fingerprint density at radius 2 is 2.27 bits per heavy atom. The highest BCUT2D eigenvalue weighted by Crippen LogP contribution is 2.27. The van der Waals surface area contributed by atoms with E-state index in [4.69, 9.17) is 0 Å². The van der Waals surface area contributed by atoms with Gasteiger partial charge < -0.3 is 10.4 Å². The molecular weight excluding hydrogens is 196 g/mol. The van der Waals surface area contributed by atoms with Crippen LogP contribution in [-0.4, -0.2) is 23.1 Å². The summed E-state index contributed by atoms with van der Waals surface area (Å²) in [6, 6.07) is 4.55. The van der Waals surface area contributed by atoms with Crippen LogP contribution in [0.1, 0.15) is 5.56 Å². The van der Waals surface area contributed by atoms with Gasteiger partial charge in [0.1, 0.15) is 0 Å². The van der Waals surface area contributed by atoms with Crippen molar-refractivity contribution in [2.75, 3.05) is 13.1 Å². The zero-order chi connectivity index (χ0) is 10.8. The van der Waals surface area contributed by atoms with E-state index in [1.807, 2.05) is 0 Å². The lowest BCUT2D eigenvalue weighted by Gasteiger charge is -2.26. The number of rotatable bonds is 3. The molecular formula is C10H12N2O3. The molecule has 0 radical (unpaired) electrons. The van der Waals surface area contributed by atoms with Gasteiger partial charge in [-0.05, 0) is 37.1 Å². The van der Waals surface area contributed by atoms with Crippen LogP contribution >= 0.6 is 0 Å². The average Bonchev–Trinajstić information content (AvgIpc) is 2.11. The van der Waals surface area contributed by atoms with Gasteiger partial charge in [0.15, 0.2) is 5.75 Å². The largest absolute Gasteiger partial charge is 0.502 e. The average molecular weight is 208 g/mol.